The van der Waals surface area contributed by atoms with E-state index in [1.807, 2.05) is 12.1 Å². The Morgan fingerprint density at radius 1 is 1.33 bits per heavy atom. The van der Waals surface area contributed by atoms with Crippen LogP contribution in [0.15, 0.2) is 47.6 Å². The minimum absolute atomic E-state index is 0.899. The minimum atomic E-state index is 0.899. The molecule has 12 heavy (non-hydrogen) atoms. The highest BCUT2D eigenvalue weighted by atomic mass is 16.3. The number of hydrogen-bond acceptors (Lipinski definition) is 1. The predicted octanol–water partition coefficient (Wildman–Crippen LogP) is 3.16. The fourth-order valence-electron chi connectivity index (χ4n) is 1.29. The Labute approximate surface area is 71.3 Å². The lowest BCUT2D eigenvalue weighted by Gasteiger charge is -1.94. The lowest BCUT2D eigenvalue weighted by molar-refractivity contribution is 0.615. The third kappa shape index (κ3) is 1.14. The van der Waals surface area contributed by atoms with Crippen molar-refractivity contribution in [3.63, 3.8) is 0 Å². The smallest absolute Gasteiger partial charge is 0.134 e. The molecule has 2 rings (SSSR count). The third-order valence-corrected chi connectivity index (χ3v) is 1.90. The number of hydrogen-bond donors (Lipinski definition) is 0. The van der Waals surface area contributed by atoms with Crippen LogP contribution in [-0.4, -0.2) is 0 Å². The van der Waals surface area contributed by atoms with Crippen molar-refractivity contribution in [2.45, 2.75) is 6.42 Å². The maximum Gasteiger partial charge on any atom is 0.134 e. The van der Waals surface area contributed by atoms with Crippen LogP contribution in [0.3, 0.4) is 0 Å². The zero-order valence-corrected chi connectivity index (χ0v) is 6.79. The fourth-order valence-corrected chi connectivity index (χ4v) is 1.29. The van der Waals surface area contributed by atoms with Crippen LogP contribution in [0.25, 0.3) is 11.0 Å². The summed E-state index contributed by atoms with van der Waals surface area (Å²) < 4.78 is 5.27. The van der Waals surface area contributed by atoms with Gasteiger partial charge in [0.05, 0.1) is 6.26 Å². The van der Waals surface area contributed by atoms with Crippen molar-refractivity contribution in [2.75, 3.05) is 0 Å². The van der Waals surface area contributed by atoms with Gasteiger partial charge in [-0.2, -0.15) is 0 Å². The van der Waals surface area contributed by atoms with Gasteiger partial charge in [0.1, 0.15) is 5.58 Å². The van der Waals surface area contributed by atoms with Crippen LogP contribution in [0.4, 0.5) is 0 Å². The number of benzene rings is 1. The van der Waals surface area contributed by atoms with E-state index < -0.39 is 0 Å². The first-order chi connectivity index (χ1) is 5.90. The first-order valence-corrected chi connectivity index (χ1v) is 3.97. The molecule has 0 saturated heterocycles. The second-order valence-electron chi connectivity index (χ2n) is 2.79. The van der Waals surface area contributed by atoms with Crippen molar-refractivity contribution >= 4 is 11.0 Å². The summed E-state index contributed by atoms with van der Waals surface area (Å²) in [7, 11) is 0. The van der Waals surface area contributed by atoms with Crippen molar-refractivity contribution < 1.29 is 4.42 Å². The van der Waals surface area contributed by atoms with E-state index in [1.165, 1.54) is 5.56 Å². The van der Waals surface area contributed by atoms with Crippen LogP contribution in [0, 0.1) is 0 Å². The molecule has 0 atom stereocenters. The van der Waals surface area contributed by atoms with Crippen LogP contribution in [0.1, 0.15) is 5.56 Å². The molecule has 1 heteroatoms. The number of fused-ring (bicyclic) bond motifs is 1. The van der Waals surface area contributed by atoms with E-state index in [9.17, 15) is 0 Å². The largest absolute Gasteiger partial charge is 0.464 e. The van der Waals surface area contributed by atoms with Crippen molar-refractivity contribution in [3.05, 3.63) is 48.7 Å². The summed E-state index contributed by atoms with van der Waals surface area (Å²) in [6, 6.07) is 8.18. The Morgan fingerprint density at radius 2 is 2.25 bits per heavy atom. The Kier molecular flexibility index (Phi) is 1.71. The molecule has 0 aliphatic rings. The van der Waals surface area contributed by atoms with Gasteiger partial charge < -0.3 is 4.42 Å². The van der Waals surface area contributed by atoms with Gasteiger partial charge in [0.25, 0.3) is 0 Å². The Balaban J connectivity index is 2.52. The lowest BCUT2D eigenvalue weighted by Crippen LogP contribution is -1.78. The summed E-state index contributed by atoms with van der Waals surface area (Å²) in [4.78, 5) is 0. The van der Waals surface area contributed by atoms with Gasteiger partial charge in [-0.15, -0.1) is 6.58 Å². The molecule has 0 fully saturated rings. The van der Waals surface area contributed by atoms with Gasteiger partial charge in [-0.1, -0.05) is 18.2 Å². The second-order valence-corrected chi connectivity index (χ2v) is 2.79. The molecule has 0 amide bonds. The first kappa shape index (κ1) is 7.17. The van der Waals surface area contributed by atoms with E-state index >= 15 is 0 Å². The van der Waals surface area contributed by atoms with E-state index in [1.54, 1.807) is 6.26 Å². The van der Waals surface area contributed by atoms with Crippen molar-refractivity contribution in [1.29, 1.82) is 0 Å². The molecule has 1 nitrogen and oxygen atoms in total. The molecule has 60 valence electrons. The van der Waals surface area contributed by atoms with Crippen LogP contribution < -0.4 is 0 Å². The summed E-state index contributed by atoms with van der Waals surface area (Å²) in [5.41, 5.74) is 2.20. The molecule has 0 radical (unpaired) electrons. The third-order valence-electron chi connectivity index (χ3n) is 1.90. The van der Waals surface area contributed by atoms with Crippen molar-refractivity contribution in [1.82, 2.24) is 0 Å². The van der Waals surface area contributed by atoms with E-state index in [-0.39, 0.29) is 0 Å². The summed E-state index contributed by atoms with van der Waals surface area (Å²) >= 11 is 0. The monoisotopic (exact) mass is 158 g/mol. The molecule has 0 saturated carbocycles. The molecule has 0 aliphatic heterocycles. The Hall–Kier alpha value is -1.50. The maximum atomic E-state index is 5.27. The normalized spacial score (nSPS) is 10.3. The molecular formula is C11H10O. The molecular weight excluding hydrogens is 148 g/mol. The topological polar surface area (TPSA) is 13.1 Å². The highest BCUT2D eigenvalue weighted by Crippen LogP contribution is 2.17. The molecule has 2 aromatic rings. The SMILES string of the molecule is C=CCc1ccc2ccoc2c1. The van der Waals surface area contributed by atoms with Gasteiger partial charge >= 0.3 is 0 Å². The minimum Gasteiger partial charge on any atom is -0.464 e. The van der Waals surface area contributed by atoms with E-state index in [0.717, 1.165) is 17.4 Å². The Bertz CT molecular complexity index is 398. The first-order valence-electron chi connectivity index (χ1n) is 3.97. The van der Waals surface area contributed by atoms with Gasteiger partial charge in [-0.25, -0.2) is 0 Å². The quantitative estimate of drug-likeness (QED) is 0.612. The van der Waals surface area contributed by atoms with E-state index in [2.05, 4.69) is 24.8 Å². The van der Waals surface area contributed by atoms with Gasteiger partial charge in [0.2, 0.25) is 0 Å². The molecule has 1 aromatic heterocycles. The lowest BCUT2D eigenvalue weighted by atomic mass is 10.1. The van der Waals surface area contributed by atoms with Crippen molar-refractivity contribution in [3.8, 4) is 0 Å². The van der Waals surface area contributed by atoms with Crippen molar-refractivity contribution in [2.24, 2.45) is 0 Å². The van der Waals surface area contributed by atoms with Gasteiger partial charge in [-0.3, -0.25) is 0 Å². The van der Waals surface area contributed by atoms with Gasteiger partial charge in [0, 0.05) is 5.39 Å². The van der Waals surface area contributed by atoms with Crippen LogP contribution >= 0.6 is 0 Å². The zero-order valence-electron chi connectivity index (χ0n) is 6.79. The molecule has 0 spiro atoms. The molecule has 0 N–H and O–H groups in total. The van der Waals surface area contributed by atoms with E-state index in [4.69, 9.17) is 4.42 Å². The summed E-state index contributed by atoms with van der Waals surface area (Å²) in [6.45, 7) is 3.69. The standard InChI is InChI=1S/C11H10O/c1-2-3-9-4-5-10-6-7-12-11(10)8-9/h2,4-8H,1,3H2. The average molecular weight is 158 g/mol. The number of furan rings is 1. The highest BCUT2D eigenvalue weighted by molar-refractivity contribution is 5.77. The van der Waals surface area contributed by atoms with Crippen LogP contribution in [-0.2, 0) is 6.42 Å². The van der Waals surface area contributed by atoms with Crippen LogP contribution in [0.2, 0.25) is 0 Å². The second kappa shape index (κ2) is 2.86. The summed E-state index contributed by atoms with van der Waals surface area (Å²) in [5.74, 6) is 0. The maximum absolute atomic E-state index is 5.27. The molecule has 0 bridgehead atoms. The molecule has 0 aliphatic carbocycles. The number of allylic oxidation sites excluding steroid dienone is 1. The molecule has 1 aromatic carbocycles. The summed E-state index contributed by atoms with van der Waals surface area (Å²) in [6.07, 6.45) is 4.50. The molecule has 0 unspecified atom stereocenters. The van der Waals surface area contributed by atoms with Gasteiger partial charge in [-0.05, 0) is 24.1 Å². The molecule has 1 heterocycles. The zero-order chi connectivity index (χ0) is 8.39. The predicted molar refractivity (Wildman–Crippen MR) is 50.1 cm³/mol. The summed E-state index contributed by atoms with van der Waals surface area (Å²) in [5, 5.41) is 1.16. The fraction of sp³-hybridized carbons (Fsp3) is 0.0909. The highest BCUT2D eigenvalue weighted by Gasteiger charge is 1.96. The Morgan fingerprint density at radius 3 is 3.08 bits per heavy atom. The van der Waals surface area contributed by atoms with E-state index in [0.29, 0.717) is 0 Å². The van der Waals surface area contributed by atoms with Crippen LogP contribution in [0.5, 0.6) is 0 Å². The average Bonchev–Trinajstić information content (AvgIpc) is 2.51. The van der Waals surface area contributed by atoms with Gasteiger partial charge in [0.15, 0.2) is 0 Å². The number of rotatable bonds is 2.